The van der Waals surface area contributed by atoms with Crippen LogP contribution in [0.4, 0.5) is 4.79 Å². The fraction of sp³-hybridized carbons (Fsp3) is 0.818. The van der Waals surface area contributed by atoms with Crippen LogP contribution in [-0.2, 0) is 4.79 Å². The quantitative estimate of drug-likeness (QED) is 0.742. The summed E-state index contributed by atoms with van der Waals surface area (Å²) in [7, 11) is 0. The van der Waals surface area contributed by atoms with Crippen LogP contribution in [-0.4, -0.2) is 65.2 Å². The van der Waals surface area contributed by atoms with E-state index in [1.807, 2.05) is 0 Å². The number of urea groups is 1. The summed E-state index contributed by atoms with van der Waals surface area (Å²) in [5.41, 5.74) is -1.17. The van der Waals surface area contributed by atoms with Gasteiger partial charge in [0.15, 0.2) is 0 Å². The minimum Gasteiger partial charge on any atom is -0.480 e. The topological polar surface area (TPSA) is 72.9 Å². The van der Waals surface area contributed by atoms with Gasteiger partial charge in [0, 0.05) is 32.7 Å². The van der Waals surface area contributed by atoms with Crippen LogP contribution in [0.3, 0.4) is 0 Å². The van der Waals surface area contributed by atoms with Crippen molar-refractivity contribution in [1.29, 1.82) is 0 Å². The Hall–Kier alpha value is -1.30. The van der Waals surface area contributed by atoms with Gasteiger partial charge in [-0.1, -0.05) is 0 Å². The Morgan fingerprint density at radius 1 is 1.35 bits per heavy atom. The largest absolute Gasteiger partial charge is 0.480 e. The number of amides is 2. The molecule has 2 N–H and O–H groups in total. The first-order chi connectivity index (χ1) is 7.91. The Morgan fingerprint density at radius 3 is 2.29 bits per heavy atom. The smallest absolute Gasteiger partial charge is 0.329 e. The zero-order chi connectivity index (χ0) is 13.1. The van der Waals surface area contributed by atoms with E-state index in [2.05, 4.69) is 5.32 Å². The second-order valence-electron chi connectivity index (χ2n) is 4.63. The van der Waals surface area contributed by atoms with Crippen molar-refractivity contribution in [3.8, 4) is 0 Å². The van der Waals surface area contributed by atoms with Crippen LogP contribution < -0.4 is 5.32 Å². The third kappa shape index (κ3) is 2.88. The van der Waals surface area contributed by atoms with Gasteiger partial charge in [0.1, 0.15) is 5.54 Å². The fourth-order valence-electron chi connectivity index (χ4n) is 1.91. The molecule has 0 radical (unpaired) electrons. The normalized spacial score (nSPS) is 16.8. The lowest BCUT2D eigenvalue weighted by atomic mass is 10.0. The molecule has 0 atom stereocenters. The molecule has 0 aliphatic carbocycles. The van der Waals surface area contributed by atoms with Crippen LogP contribution in [0.2, 0.25) is 0 Å². The first-order valence-electron chi connectivity index (χ1n) is 5.92. The lowest BCUT2D eigenvalue weighted by Crippen LogP contribution is -2.59. The molecule has 2 amide bonds. The Balaban J connectivity index is 2.79. The van der Waals surface area contributed by atoms with E-state index in [-0.39, 0.29) is 6.03 Å². The number of carbonyl (C=O) groups is 2. The lowest BCUT2D eigenvalue weighted by Gasteiger charge is -2.39. The van der Waals surface area contributed by atoms with E-state index in [0.717, 1.165) is 13.1 Å². The van der Waals surface area contributed by atoms with Crippen LogP contribution in [0.1, 0.15) is 20.8 Å². The lowest BCUT2D eigenvalue weighted by molar-refractivity contribution is -0.147. The average Bonchev–Trinajstić information content (AvgIpc) is 2.30. The molecule has 0 aromatic rings. The monoisotopic (exact) mass is 243 g/mol. The number of nitrogens with one attached hydrogen (secondary N) is 1. The maximum absolute atomic E-state index is 12.2. The van der Waals surface area contributed by atoms with Gasteiger partial charge < -0.3 is 20.2 Å². The Labute approximate surface area is 102 Å². The predicted molar refractivity (Wildman–Crippen MR) is 63.9 cm³/mol. The zero-order valence-corrected chi connectivity index (χ0v) is 10.7. The number of hydrogen-bond donors (Lipinski definition) is 2. The van der Waals surface area contributed by atoms with Crippen molar-refractivity contribution in [1.82, 2.24) is 15.1 Å². The van der Waals surface area contributed by atoms with Gasteiger partial charge in [-0.15, -0.1) is 0 Å². The summed E-state index contributed by atoms with van der Waals surface area (Å²) >= 11 is 0. The number of carbonyl (C=O) groups excluding carboxylic acids is 1. The second kappa shape index (κ2) is 5.35. The SMILES string of the molecule is CCN(C(=O)N1CCNCC1)C(C)(C)C(=O)O. The van der Waals surface area contributed by atoms with E-state index in [9.17, 15) is 9.59 Å². The third-order valence-electron chi connectivity index (χ3n) is 3.13. The van der Waals surface area contributed by atoms with Gasteiger partial charge in [-0.05, 0) is 20.8 Å². The molecule has 0 aromatic heterocycles. The summed E-state index contributed by atoms with van der Waals surface area (Å²) in [6.45, 7) is 8.08. The highest BCUT2D eigenvalue weighted by Crippen LogP contribution is 2.17. The number of likely N-dealkylation sites (N-methyl/N-ethyl adjacent to an activating group) is 1. The van der Waals surface area contributed by atoms with Crippen molar-refractivity contribution < 1.29 is 14.7 Å². The predicted octanol–water partition coefficient (Wildman–Crippen LogP) is 0.197. The molecule has 1 aliphatic rings. The summed E-state index contributed by atoms with van der Waals surface area (Å²) in [6.07, 6.45) is 0. The Bertz CT molecular complexity index is 298. The van der Waals surface area contributed by atoms with E-state index in [1.165, 1.54) is 4.90 Å². The van der Waals surface area contributed by atoms with Crippen molar-refractivity contribution in [3.05, 3.63) is 0 Å². The minimum absolute atomic E-state index is 0.193. The van der Waals surface area contributed by atoms with Crippen LogP contribution in [0.25, 0.3) is 0 Å². The van der Waals surface area contributed by atoms with Crippen molar-refractivity contribution >= 4 is 12.0 Å². The Kier molecular flexibility index (Phi) is 4.34. The van der Waals surface area contributed by atoms with Crippen LogP contribution in [0.5, 0.6) is 0 Å². The molecule has 1 aliphatic heterocycles. The van der Waals surface area contributed by atoms with Gasteiger partial charge in [0.05, 0.1) is 0 Å². The standard InChI is InChI=1S/C11H21N3O3/c1-4-14(11(2,3)9(15)16)10(17)13-7-5-12-6-8-13/h12H,4-8H2,1-3H3,(H,15,16). The third-order valence-corrected chi connectivity index (χ3v) is 3.13. The number of carboxylic acid groups (broad SMARTS) is 1. The summed E-state index contributed by atoms with van der Waals surface area (Å²) in [5.74, 6) is -0.983. The number of hydrogen-bond acceptors (Lipinski definition) is 3. The molecule has 6 heteroatoms. The van der Waals surface area contributed by atoms with Crippen LogP contribution in [0.15, 0.2) is 0 Å². The molecule has 6 nitrogen and oxygen atoms in total. The molecular formula is C11H21N3O3. The molecular weight excluding hydrogens is 222 g/mol. The van der Waals surface area contributed by atoms with Crippen LogP contribution in [0, 0.1) is 0 Å². The van der Waals surface area contributed by atoms with Crippen molar-refractivity contribution in [2.75, 3.05) is 32.7 Å². The molecule has 0 saturated carbocycles. The fourth-order valence-corrected chi connectivity index (χ4v) is 1.91. The molecule has 0 aromatic carbocycles. The number of nitrogens with zero attached hydrogens (tertiary/aromatic N) is 2. The van der Waals surface area contributed by atoms with E-state index in [4.69, 9.17) is 5.11 Å². The molecule has 0 spiro atoms. The summed E-state index contributed by atoms with van der Waals surface area (Å²) < 4.78 is 0. The summed E-state index contributed by atoms with van der Waals surface area (Å²) in [6, 6.07) is -0.193. The first-order valence-corrected chi connectivity index (χ1v) is 5.92. The molecule has 1 saturated heterocycles. The number of carboxylic acids is 1. The van der Waals surface area contributed by atoms with E-state index in [0.29, 0.717) is 19.6 Å². The highest BCUT2D eigenvalue weighted by atomic mass is 16.4. The van der Waals surface area contributed by atoms with Gasteiger partial charge in [-0.2, -0.15) is 0 Å². The number of aliphatic carboxylic acids is 1. The van der Waals surface area contributed by atoms with Crippen molar-refractivity contribution in [3.63, 3.8) is 0 Å². The maximum atomic E-state index is 12.2. The van der Waals surface area contributed by atoms with Gasteiger partial charge in [-0.25, -0.2) is 9.59 Å². The van der Waals surface area contributed by atoms with E-state index in [1.54, 1.807) is 25.7 Å². The highest BCUT2D eigenvalue weighted by Gasteiger charge is 2.38. The van der Waals surface area contributed by atoms with Crippen molar-refractivity contribution in [2.45, 2.75) is 26.3 Å². The maximum Gasteiger partial charge on any atom is 0.329 e. The molecule has 98 valence electrons. The molecule has 0 bridgehead atoms. The summed E-state index contributed by atoms with van der Waals surface area (Å²) in [5, 5.41) is 12.3. The first kappa shape index (κ1) is 13.8. The number of piperazine rings is 1. The molecule has 1 heterocycles. The average molecular weight is 243 g/mol. The molecule has 0 unspecified atom stereocenters. The highest BCUT2D eigenvalue weighted by molar-refractivity contribution is 5.85. The van der Waals surface area contributed by atoms with Gasteiger partial charge in [-0.3, -0.25) is 0 Å². The molecule has 17 heavy (non-hydrogen) atoms. The Morgan fingerprint density at radius 2 is 1.88 bits per heavy atom. The van der Waals surface area contributed by atoms with E-state index < -0.39 is 11.5 Å². The van der Waals surface area contributed by atoms with Crippen LogP contribution >= 0.6 is 0 Å². The number of rotatable bonds is 3. The molecule has 1 rings (SSSR count). The van der Waals surface area contributed by atoms with E-state index >= 15 is 0 Å². The zero-order valence-electron chi connectivity index (χ0n) is 10.7. The summed E-state index contributed by atoms with van der Waals surface area (Å²) in [4.78, 5) is 26.5. The van der Waals surface area contributed by atoms with Gasteiger partial charge >= 0.3 is 12.0 Å². The van der Waals surface area contributed by atoms with Gasteiger partial charge in [0.25, 0.3) is 0 Å². The molecule has 1 fully saturated rings. The second-order valence-corrected chi connectivity index (χ2v) is 4.63. The van der Waals surface area contributed by atoms with Gasteiger partial charge in [0.2, 0.25) is 0 Å². The van der Waals surface area contributed by atoms with Crippen molar-refractivity contribution in [2.24, 2.45) is 0 Å². The minimum atomic E-state index is -1.17.